The summed E-state index contributed by atoms with van der Waals surface area (Å²) in [5.74, 6) is 1.13. The molecule has 5 nitrogen and oxygen atoms in total. The lowest BCUT2D eigenvalue weighted by Gasteiger charge is -2.31. The molecule has 1 aromatic carbocycles. The molecule has 110 valence electrons. The minimum Gasteiger partial charge on any atom is -0.385 e. The maximum atomic E-state index is 10.9. The van der Waals surface area contributed by atoms with Crippen LogP contribution in [0.2, 0.25) is 0 Å². The molecular weight excluding hydrogens is 274 g/mol. The van der Waals surface area contributed by atoms with Crippen molar-refractivity contribution >= 4 is 23.1 Å². The molecule has 1 N–H and O–H groups in total. The quantitative estimate of drug-likeness (QED) is 0.668. The fraction of sp³-hybridized carbons (Fsp3) is 0.571. The summed E-state index contributed by atoms with van der Waals surface area (Å²) in [6.07, 6.45) is 0. The van der Waals surface area contributed by atoms with Crippen molar-refractivity contribution in [2.45, 2.75) is 25.6 Å². The Morgan fingerprint density at radius 2 is 2.35 bits per heavy atom. The smallest absolute Gasteiger partial charge is 0.269 e. The first-order valence-electron chi connectivity index (χ1n) is 6.95. The van der Waals surface area contributed by atoms with E-state index in [9.17, 15) is 10.1 Å². The number of anilines is 1. The normalized spacial score (nSPS) is 19.8. The van der Waals surface area contributed by atoms with Gasteiger partial charge in [-0.3, -0.25) is 15.0 Å². The van der Waals surface area contributed by atoms with Gasteiger partial charge in [-0.2, -0.15) is 11.8 Å². The Morgan fingerprint density at radius 3 is 3.00 bits per heavy atom. The maximum Gasteiger partial charge on any atom is 0.269 e. The first kappa shape index (κ1) is 15.1. The van der Waals surface area contributed by atoms with Crippen molar-refractivity contribution in [1.29, 1.82) is 0 Å². The summed E-state index contributed by atoms with van der Waals surface area (Å²) in [5, 5.41) is 14.9. The van der Waals surface area contributed by atoms with Gasteiger partial charge in [-0.15, -0.1) is 0 Å². The van der Waals surface area contributed by atoms with Crippen LogP contribution >= 0.6 is 11.8 Å². The van der Waals surface area contributed by atoms with E-state index in [0.717, 1.165) is 43.2 Å². The largest absolute Gasteiger partial charge is 0.385 e. The lowest BCUT2D eigenvalue weighted by molar-refractivity contribution is -0.384. The molecule has 1 unspecified atom stereocenters. The summed E-state index contributed by atoms with van der Waals surface area (Å²) in [4.78, 5) is 13.0. The van der Waals surface area contributed by atoms with Crippen molar-refractivity contribution in [3.63, 3.8) is 0 Å². The second-order valence-electron chi connectivity index (χ2n) is 5.05. The minimum atomic E-state index is -0.325. The molecule has 1 aliphatic heterocycles. The molecule has 1 aromatic rings. The molecule has 2 rings (SSSR count). The molecule has 0 amide bonds. The molecule has 1 heterocycles. The van der Waals surface area contributed by atoms with Crippen molar-refractivity contribution in [3.05, 3.63) is 33.9 Å². The third kappa shape index (κ3) is 3.86. The molecule has 0 aliphatic carbocycles. The lowest BCUT2D eigenvalue weighted by atomic mass is 10.1. The van der Waals surface area contributed by atoms with Gasteiger partial charge < -0.3 is 5.32 Å². The number of thioether (sulfide) groups is 1. The van der Waals surface area contributed by atoms with E-state index in [2.05, 4.69) is 17.1 Å². The maximum absolute atomic E-state index is 10.9. The van der Waals surface area contributed by atoms with E-state index in [1.807, 2.05) is 24.8 Å². The average molecular weight is 295 g/mol. The highest BCUT2D eigenvalue weighted by molar-refractivity contribution is 7.99. The number of nitrogens with zero attached hydrogens (tertiary/aromatic N) is 2. The summed E-state index contributed by atoms with van der Waals surface area (Å²) < 4.78 is 0. The number of nitro benzene ring substituents is 1. The fourth-order valence-corrected chi connectivity index (χ4v) is 3.54. The number of non-ortho nitro benzene ring substituents is 1. The lowest BCUT2D eigenvalue weighted by Crippen LogP contribution is -2.36. The second kappa shape index (κ2) is 6.95. The van der Waals surface area contributed by atoms with E-state index < -0.39 is 0 Å². The Balaban J connectivity index is 2.18. The highest BCUT2D eigenvalue weighted by atomic mass is 32.2. The molecular formula is C14H21N3O2S. The zero-order valence-corrected chi connectivity index (χ0v) is 12.8. The Morgan fingerprint density at radius 1 is 1.55 bits per heavy atom. The zero-order valence-electron chi connectivity index (χ0n) is 12.0. The van der Waals surface area contributed by atoms with Crippen LogP contribution in [0.15, 0.2) is 18.2 Å². The van der Waals surface area contributed by atoms with Crippen molar-refractivity contribution in [2.75, 3.05) is 30.7 Å². The Bertz CT molecular complexity index is 481. The highest BCUT2D eigenvalue weighted by Gasteiger charge is 2.19. The van der Waals surface area contributed by atoms with Gasteiger partial charge in [0.15, 0.2) is 0 Å². The Kier molecular flexibility index (Phi) is 5.25. The van der Waals surface area contributed by atoms with Crippen molar-refractivity contribution in [2.24, 2.45) is 0 Å². The van der Waals surface area contributed by atoms with Crippen LogP contribution in [0.5, 0.6) is 0 Å². The molecule has 1 atom stereocenters. The minimum absolute atomic E-state index is 0.168. The monoisotopic (exact) mass is 295 g/mol. The number of rotatable bonds is 5. The van der Waals surface area contributed by atoms with Gasteiger partial charge in [0.05, 0.1) is 4.92 Å². The molecule has 1 fully saturated rings. The first-order chi connectivity index (χ1) is 9.60. The molecule has 1 saturated heterocycles. The summed E-state index contributed by atoms with van der Waals surface area (Å²) in [5.41, 5.74) is 2.19. The van der Waals surface area contributed by atoms with Crippen LogP contribution in [0.4, 0.5) is 11.4 Å². The summed E-state index contributed by atoms with van der Waals surface area (Å²) in [6, 6.07) is 5.08. The van der Waals surface area contributed by atoms with Crippen LogP contribution in [0.25, 0.3) is 0 Å². The van der Waals surface area contributed by atoms with Crippen LogP contribution in [0.3, 0.4) is 0 Å². The van der Waals surface area contributed by atoms with Crippen LogP contribution in [-0.4, -0.2) is 40.5 Å². The second-order valence-corrected chi connectivity index (χ2v) is 6.59. The van der Waals surface area contributed by atoms with Crippen LogP contribution in [0.1, 0.15) is 19.4 Å². The van der Waals surface area contributed by atoms with Gasteiger partial charge in [-0.25, -0.2) is 0 Å². The van der Waals surface area contributed by atoms with E-state index in [4.69, 9.17) is 0 Å². The zero-order chi connectivity index (χ0) is 14.5. The van der Waals surface area contributed by atoms with Crippen LogP contribution in [0, 0.1) is 10.1 Å². The molecule has 6 heteroatoms. The molecule has 0 spiro atoms. The standard InChI is InChI=1S/C14H21N3O2S/c1-3-15-14-5-4-13(17(18)19)8-12(14)10-16-6-7-20-11(2)9-16/h4-5,8,11,15H,3,6-7,9-10H2,1-2H3. The number of hydrogen-bond acceptors (Lipinski definition) is 5. The van der Waals surface area contributed by atoms with E-state index in [1.54, 1.807) is 12.1 Å². The SMILES string of the molecule is CCNc1ccc([N+](=O)[O-])cc1CN1CCSC(C)C1. The van der Waals surface area contributed by atoms with E-state index >= 15 is 0 Å². The Hall–Kier alpha value is -1.27. The molecule has 0 saturated carbocycles. The molecule has 0 aromatic heterocycles. The summed E-state index contributed by atoms with van der Waals surface area (Å²) >= 11 is 1.99. The van der Waals surface area contributed by atoms with Gasteiger partial charge in [0.2, 0.25) is 0 Å². The van der Waals surface area contributed by atoms with Crippen molar-refractivity contribution < 1.29 is 4.92 Å². The topological polar surface area (TPSA) is 58.4 Å². The number of benzene rings is 1. The van der Waals surface area contributed by atoms with Gasteiger partial charge >= 0.3 is 0 Å². The van der Waals surface area contributed by atoms with Crippen molar-refractivity contribution in [3.8, 4) is 0 Å². The third-order valence-corrected chi connectivity index (χ3v) is 4.52. The van der Waals surface area contributed by atoms with E-state index in [1.165, 1.54) is 0 Å². The number of nitro groups is 1. The van der Waals surface area contributed by atoms with E-state index in [0.29, 0.717) is 5.25 Å². The average Bonchev–Trinajstić information content (AvgIpc) is 2.41. The van der Waals surface area contributed by atoms with E-state index in [-0.39, 0.29) is 10.6 Å². The fourth-order valence-electron chi connectivity index (χ4n) is 2.46. The Labute approximate surface area is 123 Å². The predicted octanol–water partition coefficient (Wildman–Crippen LogP) is 2.96. The van der Waals surface area contributed by atoms with Gasteiger partial charge in [-0.1, -0.05) is 6.92 Å². The summed E-state index contributed by atoms with van der Waals surface area (Å²) in [7, 11) is 0. The third-order valence-electron chi connectivity index (χ3n) is 3.39. The number of hydrogen-bond donors (Lipinski definition) is 1. The molecule has 0 radical (unpaired) electrons. The highest BCUT2D eigenvalue weighted by Crippen LogP contribution is 2.26. The van der Waals surface area contributed by atoms with Crippen LogP contribution < -0.4 is 5.32 Å². The van der Waals surface area contributed by atoms with Crippen LogP contribution in [-0.2, 0) is 6.54 Å². The molecule has 1 aliphatic rings. The van der Waals surface area contributed by atoms with Gasteiger partial charge in [0, 0.05) is 55.0 Å². The van der Waals surface area contributed by atoms with Gasteiger partial charge in [0.25, 0.3) is 5.69 Å². The first-order valence-corrected chi connectivity index (χ1v) is 8.00. The summed E-state index contributed by atoms with van der Waals surface area (Å²) in [6.45, 7) is 7.94. The van der Waals surface area contributed by atoms with Gasteiger partial charge in [-0.05, 0) is 18.6 Å². The van der Waals surface area contributed by atoms with Gasteiger partial charge in [0.1, 0.15) is 0 Å². The number of nitrogens with one attached hydrogen (secondary N) is 1. The molecule has 20 heavy (non-hydrogen) atoms. The molecule has 0 bridgehead atoms. The predicted molar refractivity (Wildman–Crippen MR) is 84.5 cm³/mol. The van der Waals surface area contributed by atoms with Crippen molar-refractivity contribution in [1.82, 2.24) is 4.90 Å².